The Labute approximate surface area is 131 Å². The molecule has 4 nitrogen and oxygen atoms in total. The molecule has 0 radical (unpaired) electrons. The van der Waals surface area contributed by atoms with E-state index in [1.807, 2.05) is 6.07 Å². The number of nitrogens with two attached hydrogens (primary N) is 1. The lowest BCUT2D eigenvalue weighted by molar-refractivity contribution is 0.153. The van der Waals surface area contributed by atoms with E-state index in [9.17, 15) is 9.18 Å². The summed E-state index contributed by atoms with van der Waals surface area (Å²) in [7, 11) is 1.44. The van der Waals surface area contributed by atoms with Crippen molar-refractivity contribution in [3.63, 3.8) is 0 Å². The van der Waals surface area contributed by atoms with Crippen LogP contribution in [0.3, 0.4) is 0 Å². The highest BCUT2D eigenvalue weighted by Gasteiger charge is 2.26. The summed E-state index contributed by atoms with van der Waals surface area (Å²) in [6.07, 6.45) is 4.86. The first-order valence-electron chi connectivity index (χ1n) is 7.89. The van der Waals surface area contributed by atoms with Crippen molar-refractivity contribution in [3.05, 3.63) is 29.6 Å². The number of carbonyl (C=O) groups is 1. The lowest BCUT2D eigenvalue weighted by atomic mass is 9.86. The summed E-state index contributed by atoms with van der Waals surface area (Å²) >= 11 is 0. The van der Waals surface area contributed by atoms with Crippen molar-refractivity contribution in [2.45, 2.75) is 45.1 Å². The normalized spacial score (nSPS) is 21.4. The molecular formula is C17H25FN2O2. The molecule has 0 heterocycles. The number of primary amides is 1. The summed E-state index contributed by atoms with van der Waals surface area (Å²) in [6, 6.07) is 4.73. The van der Waals surface area contributed by atoms with Crippen molar-refractivity contribution in [1.29, 1.82) is 0 Å². The predicted octanol–water partition coefficient (Wildman–Crippen LogP) is 3.34. The van der Waals surface area contributed by atoms with E-state index >= 15 is 0 Å². The van der Waals surface area contributed by atoms with Gasteiger partial charge in [-0.2, -0.15) is 0 Å². The number of amides is 2. The quantitative estimate of drug-likeness (QED) is 0.907. The molecule has 2 N–H and O–H groups in total. The van der Waals surface area contributed by atoms with Crippen molar-refractivity contribution >= 4 is 6.03 Å². The van der Waals surface area contributed by atoms with E-state index in [4.69, 9.17) is 10.5 Å². The number of halogens is 1. The zero-order valence-corrected chi connectivity index (χ0v) is 13.3. The zero-order chi connectivity index (χ0) is 16.1. The molecule has 2 amide bonds. The molecule has 1 saturated carbocycles. The zero-order valence-electron chi connectivity index (χ0n) is 13.3. The van der Waals surface area contributed by atoms with Crippen LogP contribution < -0.4 is 10.5 Å². The van der Waals surface area contributed by atoms with Crippen LogP contribution in [0.4, 0.5) is 9.18 Å². The minimum atomic E-state index is -0.381. The van der Waals surface area contributed by atoms with Gasteiger partial charge in [0.15, 0.2) is 11.6 Å². The molecule has 1 aromatic rings. The van der Waals surface area contributed by atoms with E-state index < -0.39 is 0 Å². The number of carbonyl (C=O) groups excluding carboxylic acids is 1. The SMILES string of the molecule is COc1ccc(CCN(C(N)=O)C2CCC(C)CC2)cc1F. The number of methoxy groups -OCH3 is 1. The highest BCUT2D eigenvalue weighted by molar-refractivity contribution is 5.72. The van der Waals surface area contributed by atoms with Gasteiger partial charge in [-0.1, -0.05) is 13.0 Å². The van der Waals surface area contributed by atoms with E-state index in [-0.39, 0.29) is 23.6 Å². The molecule has 0 spiro atoms. The van der Waals surface area contributed by atoms with Crippen LogP contribution in [0.15, 0.2) is 18.2 Å². The van der Waals surface area contributed by atoms with Crippen molar-refractivity contribution in [2.75, 3.05) is 13.7 Å². The van der Waals surface area contributed by atoms with E-state index in [0.29, 0.717) is 13.0 Å². The van der Waals surface area contributed by atoms with Gasteiger partial charge in [0.25, 0.3) is 0 Å². The first-order valence-corrected chi connectivity index (χ1v) is 7.89. The third kappa shape index (κ3) is 4.12. The van der Waals surface area contributed by atoms with Crippen LogP contribution in [-0.2, 0) is 6.42 Å². The van der Waals surface area contributed by atoms with E-state index in [1.54, 1.807) is 11.0 Å². The Bertz CT molecular complexity index is 513. The standard InChI is InChI=1S/C17H25FN2O2/c1-12-3-6-14(7-4-12)20(17(19)21)10-9-13-5-8-16(22-2)15(18)11-13/h5,8,11-12,14H,3-4,6-7,9-10H2,1-2H3,(H2,19,21). The number of benzene rings is 1. The lowest BCUT2D eigenvalue weighted by Crippen LogP contribution is -2.46. The maximum absolute atomic E-state index is 13.7. The van der Waals surface area contributed by atoms with Gasteiger partial charge >= 0.3 is 6.03 Å². The van der Waals surface area contributed by atoms with Crippen LogP contribution in [0, 0.1) is 11.7 Å². The minimum Gasteiger partial charge on any atom is -0.494 e. The summed E-state index contributed by atoms with van der Waals surface area (Å²) in [4.78, 5) is 13.5. The third-order valence-corrected chi connectivity index (χ3v) is 4.57. The van der Waals surface area contributed by atoms with Gasteiger partial charge in [0.05, 0.1) is 7.11 Å². The van der Waals surface area contributed by atoms with Crippen LogP contribution in [0.25, 0.3) is 0 Å². The monoisotopic (exact) mass is 308 g/mol. The number of hydrogen-bond acceptors (Lipinski definition) is 2. The fourth-order valence-corrected chi connectivity index (χ4v) is 3.14. The van der Waals surface area contributed by atoms with Gasteiger partial charge in [0, 0.05) is 12.6 Å². The molecule has 2 rings (SSSR count). The van der Waals surface area contributed by atoms with Crippen molar-refractivity contribution in [3.8, 4) is 5.75 Å². The van der Waals surface area contributed by atoms with Gasteiger partial charge in [-0.05, 0) is 55.7 Å². The minimum absolute atomic E-state index is 0.219. The Morgan fingerprint density at radius 2 is 2.05 bits per heavy atom. The van der Waals surface area contributed by atoms with E-state index in [0.717, 1.165) is 37.2 Å². The number of rotatable bonds is 5. The summed E-state index contributed by atoms with van der Waals surface area (Å²) in [5, 5.41) is 0. The Morgan fingerprint density at radius 3 is 2.59 bits per heavy atom. The molecule has 1 aliphatic carbocycles. The molecular weight excluding hydrogens is 283 g/mol. The van der Waals surface area contributed by atoms with Crippen LogP contribution in [0.1, 0.15) is 38.2 Å². The largest absolute Gasteiger partial charge is 0.494 e. The topological polar surface area (TPSA) is 55.6 Å². The van der Waals surface area contributed by atoms with E-state index in [1.165, 1.54) is 13.2 Å². The summed E-state index contributed by atoms with van der Waals surface area (Å²) in [5.74, 6) is 0.579. The lowest BCUT2D eigenvalue weighted by Gasteiger charge is -2.35. The number of urea groups is 1. The van der Waals surface area contributed by atoms with Gasteiger partial charge < -0.3 is 15.4 Å². The van der Waals surface area contributed by atoms with Crippen molar-refractivity contribution < 1.29 is 13.9 Å². The molecule has 5 heteroatoms. The molecule has 0 bridgehead atoms. The number of ether oxygens (including phenoxy) is 1. The summed E-state index contributed by atoms with van der Waals surface area (Å²) < 4.78 is 18.6. The number of hydrogen-bond donors (Lipinski definition) is 1. The van der Waals surface area contributed by atoms with Crippen LogP contribution in [0.5, 0.6) is 5.75 Å². The molecule has 0 aromatic heterocycles. The molecule has 1 aromatic carbocycles. The van der Waals surface area contributed by atoms with Crippen LogP contribution in [0.2, 0.25) is 0 Å². The average Bonchev–Trinajstić information content (AvgIpc) is 2.49. The molecule has 22 heavy (non-hydrogen) atoms. The highest BCUT2D eigenvalue weighted by Crippen LogP contribution is 2.27. The van der Waals surface area contributed by atoms with Crippen molar-refractivity contribution in [1.82, 2.24) is 4.90 Å². The first-order chi connectivity index (χ1) is 10.5. The van der Waals surface area contributed by atoms with E-state index in [2.05, 4.69) is 6.92 Å². The third-order valence-electron chi connectivity index (χ3n) is 4.57. The molecule has 0 saturated heterocycles. The Balaban J connectivity index is 1.97. The summed E-state index contributed by atoms with van der Waals surface area (Å²) in [6.45, 7) is 2.77. The molecule has 0 aliphatic heterocycles. The Kier molecular flexibility index (Phi) is 5.63. The Hall–Kier alpha value is -1.78. The maximum Gasteiger partial charge on any atom is 0.315 e. The smallest absolute Gasteiger partial charge is 0.315 e. The predicted molar refractivity (Wildman–Crippen MR) is 84.4 cm³/mol. The van der Waals surface area contributed by atoms with Crippen LogP contribution in [-0.4, -0.2) is 30.6 Å². The van der Waals surface area contributed by atoms with Gasteiger partial charge in [-0.3, -0.25) is 0 Å². The fourth-order valence-electron chi connectivity index (χ4n) is 3.14. The second kappa shape index (κ2) is 7.47. The van der Waals surface area contributed by atoms with Gasteiger partial charge in [-0.15, -0.1) is 0 Å². The van der Waals surface area contributed by atoms with Crippen LogP contribution >= 0.6 is 0 Å². The molecule has 0 unspecified atom stereocenters. The van der Waals surface area contributed by atoms with Crippen molar-refractivity contribution in [2.24, 2.45) is 11.7 Å². The first kappa shape index (κ1) is 16.6. The Morgan fingerprint density at radius 1 is 1.36 bits per heavy atom. The molecule has 1 aliphatic rings. The second-order valence-corrected chi connectivity index (χ2v) is 6.16. The molecule has 0 atom stereocenters. The van der Waals surface area contributed by atoms with Gasteiger partial charge in [0.1, 0.15) is 0 Å². The second-order valence-electron chi connectivity index (χ2n) is 6.16. The number of nitrogens with zero attached hydrogens (tertiary/aromatic N) is 1. The van der Waals surface area contributed by atoms with Gasteiger partial charge in [0.2, 0.25) is 0 Å². The maximum atomic E-state index is 13.7. The molecule has 1 fully saturated rings. The summed E-state index contributed by atoms with van der Waals surface area (Å²) in [5.41, 5.74) is 6.38. The highest BCUT2D eigenvalue weighted by atomic mass is 19.1. The fraction of sp³-hybridized carbons (Fsp3) is 0.588. The average molecular weight is 308 g/mol. The van der Waals surface area contributed by atoms with Gasteiger partial charge in [-0.25, -0.2) is 9.18 Å². The molecule has 122 valence electrons.